The number of carbonyl (C=O) groups is 1. The van der Waals surface area contributed by atoms with E-state index in [9.17, 15) is 4.79 Å². The SMILES string of the molecule is O=C(c1nc2ccccc2n1-c1ccccc1)N1CCCCC1. The number of benzene rings is 2. The van der Waals surface area contributed by atoms with Crippen LogP contribution in [0.1, 0.15) is 29.9 Å². The molecule has 2 aromatic carbocycles. The van der Waals surface area contributed by atoms with Crippen LogP contribution in [0.5, 0.6) is 0 Å². The highest BCUT2D eigenvalue weighted by Crippen LogP contribution is 2.23. The van der Waals surface area contributed by atoms with Crippen LogP contribution in [0, 0.1) is 0 Å². The van der Waals surface area contributed by atoms with E-state index in [0.29, 0.717) is 5.82 Å². The van der Waals surface area contributed by atoms with Crippen LogP contribution in [0.3, 0.4) is 0 Å². The number of likely N-dealkylation sites (tertiary alicyclic amines) is 1. The number of aromatic nitrogens is 2. The van der Waals surface area contributed by atoms with Gasteiger partial charge in [0.1, 0.15) is 0 Å². The summed E-state index contributed by atoms with van der Waals surface area (Å²) >= 11 is 0. The van der Waals surface area contributed by atoms with Crippen molar-refractivity contribution < 1.29 is 4.79 Å². The number of amides is 1. The van der Waals surface area contributed by atoms with Gasteiger partial charge in [-0.25, -0.2) is 4.98 Å². The quantitative estimate of drug-likeness (QED) is 0.725. The summed E-state index contributed by atoms with van der Waals surface area (Å²) in [6.45, 7) is 1.66. The van der Waals surface area contributed by atoms with Crippen molar-refractivity contribution >= 4 is 16.9 Å². The van der Waals surface area contributed by atoms with Crippen LogP contribution >= 0.6 is 0 Å². The lowest BCUT2D eigenvalue weighted by atomic mass is 10.1. The normalized spacial score (nSPS) is 15.0. The molecule has 3 aromatic rings. The first-order chi connectivity index (χ1) is 11.3. The van der Waals surface area contributed by atoms with Crippen molar-refractivity contribution in [3.63, 3.8) is 0 Å². The summed E-state index contributed by atoms with van der Waals surface area (Å²) < 4.78 is 1.98. The highest BCUT2D eigenvalue weighted by atomic mass is 16.2. The van der Waals surface area contributed by atoms with E-state index in [-0.39, 0.29) is 5.91 Å². The van der Waals surface area contributed by atoms with Gasteiger partial charge in [0.15, 0.2) is 0 Å². The van der Waals surface area contributed by atoms with Crippen molar-refractivity contribution in [3.05, 3.63) is 60.4 Å². The Labute approximate surface area is 135 Å². The number of rotatable bonds is 2. The summed E-state index contributed by atoms with van der Waals surface area (Å²) in [7, 11) is 0. The van der Waals surface area contributed by atoms with Gasteiger partial charge in [-0.15, -0.1) is 0 Å². The van der Waals surface area contributed by atoms with Crippen molar-refractivity contribution in [2.75, 3.05) is 13.1 Å². The molecule has 1 aromatic heterocycles. The molecule has 2 heterocycles. The van der Waals surface area contributed by atoms with Gasteiger partial charge in [0.05, 0.1) is 11.0 Å². The van der Waals surface area contributed by atoms with Crippen molar-refractivity contribution in [2.45, 2.75) is 19.3 Å². The van der Waals surface area contributed by atoms with Gasteiger partial charge < -0.3 is 4.90 Å². The van der Waals surface area contributed by atoms with E-state index in [0.717, 1.165) is 42.7 Å². The Morgan fingerprint density at radius 3 is 2.35 bits per heavy atom. The smallest absolute Gasteiger partial charge is 0.290 e. The van der Waals surface area contributed by atoms with Crippen LogP contribution in [-0.2, 0) is 0 Å². The first-order valence-corrected chi connectivity index (χ1v) is 8.17. The summed E-state index contributed by atoms with van der Waals surface area (Å²) in [6.07, 6.45) is 3.37. The lowest BCUT2D eigenvalue weighted by Gasteiger charge is -2.26. The summed E-state index contributed by atoms with van der Waals surface area (Å²) in [6, 6.07) is 17.9. The molecule has 116 valence electrons. The van der Waals surface area contributed by atoms with Gasteiger partial charge in [-0.2, -0.15) is 0 Å². The standard InChI is InChI=1S/C19H19N3O/c23-19(21-13-7-2-8-14-21)18-20-16-11-5-6-12-17(16)22(18)15-9-3-1-4-10-15/h1,3-6,9-12H,2,7-8,13-14H2. The molecule has 0 spiro atoms. The molecule has 0 unspecified atom stereocenters. The molecule has 0 atom stereocenters. The number of para-hydroxylation sites is 3. The zero-order valence-electron chi connectivity index (χ0n) is 13.0. The predicted octanol–water partition coefficient (Wildman–Crippen LogP) is 3.65. The Hall–Kier alpha value is -2.62. The van der Waals surface area contributed by atoms with Crippen LogP contribution in [0.25, 0.3) is 16.7 Å². The van der Waals surface area contributed by atoms with Crippen LogP contribution < -0.4 is 0 Å². The highest BCUT2D eigenvalue weighted by Gasteiger charge is 2.24. The molecule has 4 rings (SSSR count). The molecular formula is C19H19N3O. The van der Waals surface area contributed by atoms with Crippen molar-refractivity contribution in [2.24, 2.45) is 0 Å². The Morgan fingerprint density at radius 1 is 0.870 bits per heavy atom. The zero-order valence-corrected chi connectivity index (χ0v) is 13.0. The lowest BCUT2D eigenvalue weighted by molar-refractivity contribution is 0.0710. The van der Waals surface area contributed by atoms with Gasteiger partial charge in [-0.3, -0.25) is 9.36 Å². The predicted molar refractivity (Wildman–Crippen MR) is 90.8 cm³/mol. The maximum atomic E-state index is 13.0. The fourth-order valence-corrected chi connectivity index (χ4v) is 3.25. The average molecular weight is 305 g/mol. The molecule has 0 bridgehead atoms. The number of hydrogen-bond donors (Lipinski definition) is 0. The summed E-state index contributed by atoms with van der Waals surface area (Å²) in [5.74, 6) is 0.545. The molecule has 1 fully saturated rings. The van der Waals surface area contributed by atoms with E-state index < -0.39 is 0 Å². The van der Waals surface area contributed by atoms with E-state index in [2.05, 4.69) is 4.98 Å². The van der Waals surface area contributed by atoms with Gasteiger partial charge >= 0.3 is 0 Å². The maximum absolute atomic E-state index is 13.0. The summed E-state index contributed by atoms with van der Waals surface area (Å²) in [4.78, 5) is 19.6. The van der Waals surface area contributed by atoms with Gasteiger partial charge in [0.2, 0.25) is 5.82 Å². The number of carbonyl (C=O) groups excluding carboxylic acids is 1. The highest BCUT2D eigenvalue weighted by molar-refractivity contribution is 5.96. The van der Waals surface area contributed by atoms with Crippen molar-refractivity contribution in [1.29, 1.82) is 0 Å². The molecule has 0 N–H and O–H groups in total. The van der Waals surface area contributed by atoms with E-state index in [1.54, 1.807) is 0 Å². The van der Waals surface area contributed by atoms with Crippen LogP contribution in [0.15, 0.2) is 54.6 Å². The third-order valence-electron chi connectivity index (χ3n) is 4.41. The molecule has 4 heteroatoms. The minimum absolute atomic E-state index is 0.0322. The molecule has 1 aliphatic rings. The van der Waals surface area contributed by atoms with Crippen molar-refractivity contribution in [1.82, 2.24) is 14.5 Å². The molecule has 4 nitrogen and oxygen atoms in total. The number of nitrogens with zero attached hydrogens (tertiary/aromatic N) is 3. The van der Waals surface area contributed by atoms with Gasteiger partial charge in [0, 0.05) is 18.8 Å². The molecular weight excluding hydrogens is 286 g/mol. The van der Waals surface area contributed by atoms with E-state index >= 15 is 0 Å². The molecule has 23 heavy (non-hydrogen) atoms. The van der Waals surface area contributed by atoms with E-state index in [1.165, 1.54) is 6.42 Å². The number of piperidine rings is 1. The number of imidazole rings is 1. The second-order valence-electron chi connectivity index (χ2n) is 5.95. The molecule has 0 radical (unpaired) electrons. The van der Waals surface area contributed by atoms with Crippen LogP contribution in [-0.4, -0.2) is 33.4 Å². The first-order valence-electron chi connectivity index (χ1n) is 8.17. The third kappa shape index (κ3) is 2.50. The molecule has 1 amide bonds. The largest absolute Gasteiger partial charge is 0.336 e. The van der Waals surface area contributed by atoms with Crippen LogP contribution in [0.2, 0.25) is 0 Å². The van der Waals surface area contributed by atoms with E-state index in [4.69, 9.17) is 0 Å². The second-order valence-corrected chi connectivity index (χ2v) is 5.95. The van der Waals surface area contributed by atoms with Gasteiger partial charge in [-0.1, -0.05) is 30.3 Å². The lowest BCUT2D eigenvalue weighted by Crippen LogP contribution is -2.37. The molecule has 0 saturated carbocycles. The molecule has 1 aliphatic heterocycles. The Morgan fingerprint density at radius 2 is 1.57 bits per heavy atom. The first kappa shape index (κ1) is 14.0. The van der Waals surface area contributed by atoms with Crippen molar-refractivity contribution in [3.8, 4) is 5.69 Å². The number of fused-ring (bicyclic) bond motifs is 1. The minimum Gasteiger partial charge on any atom is -0.336 e. The van der Waals surface area contributed by atoms with E-state index in [1.807, 2.05) is 64.1 Å². The molecule has 1 saturated heterocycles. The average Bonchev–Trinajstić information content (AvgIpc) is 3.02. The maximum Gasteiger partial charge on any atom is 0.290 e. The summed E-state index contributed by atoms with van der Waals surface area (Å²) in [5, 5.41) is 0. The minimum atomic E-state index is 0.0322. The number of hydrogen-bond acceptors (Lipinski definition) is 2. The fourth-order valence-electron chi connectivity index (χ4n) is 3.25. The van der Waals surface area contributed by atoms with Crippen LogP contribution in [0.4, 0.5) is 0 Å². The topological polar surface area (TPSA) is 38.1 Å². The zero-order chi connectivity index (χ0) is 15.6. The third-order valence-corrected chi connectivity index (χ3v) is 4.41. The van der Waals surface area contributed by atoms with Gasteiger partial charge in [0.25, 0.3) is 5.91 Å². The Balaban J connectivity index is 1.87. The second kappa shape index (κ2) is 5.88. The Kier molecular flexibility index (Phi) is 3.58. The Bertz CT molecular complexity index is 832. The summed E-state index contributed by atoms with van der Waals surface area (Å²) in [5.41, 5.74) is 2.80. The monoisotopic (exact) mass is 305 g/mol. The fraction of sp³-hybridized carbons (Fsp3) is 0.263. The molecule has 0 aliphatic carbocycles. The van der Waals surface area contributed by atoms with Gasteiger partial charge in [-0.05, 0) is 43.5 Å².